The molecule has 2 atom stereocenters. The summed E-state index contributed by atoms with van der Waals surface area (Å²) in [6, 6.07) is 0. The Morgan fingerprint density at radius 1 is 1.29 bits per heavy atom. The lowest BCUT2D eigenvalue weighted by atomic mass is 10.4. The van der Waals surface area contributed by atoms with Crippen molar-refractivity contribution in [2.45, 2.75) is 19.1 Å². The molecule has 0 radical (unpaired) electrons. The van der Waals surface area contributed by atoms with Crippen LogP contribution in [0, 0.1) is 0 Å². The van der Waals surface area contributed by atoms with Crippen LogP contribution >= 0.6 is 0 Å². The number of morpholine rings is 1. The molecule has 0 bridgehead atoms. The van der Waals surface area contributed by atoms with Crippen molar-refractivity contribution in [3.8, 4) is 0 Å². The minimum Gasteiger partial charge on any atom is -0.473 e. The van der Waals surface area contributed by atoms with E-state index in [1.54, 1.807) is 0 Å². The molecule has 2 rings (SSSR count). The highest BCUT2D eigenvalue weighted by molar-refractivity contribution is 6.27. The van der Waals surface area contributed by atoms with Crippen molar-refractivity contribution < 1.29 is 24.5 Å². The van der Waals surface area contributed by atoms with Crippen LogP contribution in [0.15, 0.2) is 0 Å². The Bertz CT molecular complexity index is 220. The van der Waals surface area contributed by atoms with E-state index in [2.05, 4.69) is 11.8 Å². The third-order valence-electron chi connectivity index (χ3n) is 2.19. The summed E-state index contributed by atoms with van der Waals surface area (Å²) in [4.78, 5) is 20.6. The van der Waals surface area contributed by atoms with Crippen LogP contribution < -0.4 is 0 Å². The molecule has 6 nitrogen and oxygen atoms in total. The average molecular weight is 203 g/mol. The van der Waals surface area contributed by atoms with Crippen molar-refractivity contribution in [2.75, 3.05) is 19.6 Å². The van der Waals surface area contributed by atoms with Gasteiger partial charge in [-0.25, -0.2) is 9.59 Å². The molecule has 0 spiro atoms. The first-order valence-electron chi connectivity index (χ1n) is 4.38. The van der Waals surface area contributed by atoms with Crippen molar-refractivity contribution >= 4 is 11.9 Å². The quantitative estimate of drug-likeness (QED) is 0.430. The molecule has 0 aromatic carbocycles. The van der Waals surface area contributed by atoms with E-state index in [1.165, 1.54) is 19.6 Å². The van der Waals surface area contributed by atoms with Crippen LogP contribution in [0.1, 0.15) is 6.92 Å². The number of likely N-dealkylation sites (tertiary alicyclic amines) is 1. The monoisotopic (exact) mass is 203 g/mol. The van der Waals surface area contributed by atoms with Crippen LogP contribution in [0.5, 0.6) is 0 Å². The van der Waals surface area contributed by atoms with Crippen LogP contribution in [0.25, 0.3) is 0 Å². The topological polar surface area (TPSA) is 90.4 Å². The van der Waals surface area contributed by atoms with E-state index in [-0.39, 0.29) is 0 Å². The summed E-state index contributed by atoms with van der Waals surface area (Å²) in [6.07, 6.45) is 1.24. The van der Waals surface area contributed by atoms with Gasteiger partial charge in [0.2, 0.25) is 0 Å². The molecule has 14 heavy (non-hydrogen) atoms. The molecule has 2 aliphatic heterocycles. The largest absolute Gasteiger partial charge is 0.473 e. The van der Waals surface area contributed by atoms with Gasteiger partial charge in [-0.1, -0.05) is 6.92 Å². The highest BCUT2D eigenvalue weighted by Crippen LogP contribution is 2.29. The number of ether oxygens (including phenoxy) is 1. The number of hydrogen-bond donors (Lipinski definition) is 2. The van der Waals surface area contributed by atoms with E-state index >= 15 is 0 Å². The zero-order valence-electron chi connectivity index (χ0n) is 7.84. The molecular formula is C8H13NO5. The predicted molar refractivity (Wildman–Crippen MR) is 46.0 cm³/mol. The second-order valence-electron chi connectivity index (χ2n) is 3.18. The Hall–Kier alpha value is -1.14. The Morgan fingerprint density at radius 2 is 1.71 bits per heavy atom. The van der Waals surface area contributed by atoms with Crippen LogP contribution in [0.2, 0.25) is 0 Å². The van der Waals surface area contributed by atoms with Crippen molar-refractivity contribution in [2.24, 2.45) is 0 Å². The molecule has 0 amide bonds. The molecule has 0 saturated carbocycles. The lowest BCUT2D eigenvalue weighted by Gasteiger charge is -2.12. The normalized spacial score (nSPS) is 28.6. The van der Waals surface area contributed by atoms with E-state index in [9.17, 15) is 0 Å². The molecule has 2 N–H and O–H groups in total. The number of nitrogens with zero attached hydrogens (tertiary/aromatic N) is 1. The van der Waals surface area contributed by atoms with Gasteiger partial charge in [-0.05, 0) is 6.54 Å². The molecule has 0 aliphatic carbocycles. The Kier molecular flexibility index (Phi) is 3.43. The molecule has 2 aliphatic rings. The molecule has 2 heterocycles. The Morgan fingerprint density at radius 3 is 1.93 bits per heavy atom. The van der Waals surface area contributed by atoms with Gasteiger partial charge >= 0.3 is 11.9 Å². The predicted octanol–water partition coefficient (Wildman–Crippen LogP) is -0.755. The molecule has 6 heteroatoms. The van der Waals surface area contributed by atoms with E-state index in [0.717, 1.165) is 0 Å². The summed E-state index contributed by atoms with van der Waals surface area (Å²) in [5.74, 6) is -3.65. The zero-order valence-corrected chi connectivity index (χ0v) is 7.84. The minimum absolute atomic E-state index is 0.620. The second kappa shape index (κ2) is 4.39. The summed E-state index contributed by atoms with van der Waals surface area (Å²) in [7, 11) is 0. The molecule has 0 aromatic heterocycles. The fraction of sp³-hybridized carbons (Fsp3) is 0.750. The fourth-order valence-electron chi connectivity index (χ4n) is 1.34. The maximum absolute atomic E-state index is 9.10. The molecule has 0 aromatic rings. The van der Waals surface area contributed by atoms with E-state index in [4.69, 9.17) is 24.5 Å². The van der Waals surface area contributed by atoms with Crippen LogP contribution in [0.4, 0.5) is 0 Å². The SMILES string of the molecule is CCN1CC2OC2C1.O=C(O)C(=O)O. The van der Waals surface area contributed by atoms with Crippen molar-refractivity contribution in [3.05, 3.63) is 0 Å². The van der Waals surface area contributed by atoms with Crippen LogP contribution in [-0.4, -0.2) is 58.9 Å². The second-order valence-corrected chi connectivity index (χ2v) is 3.18. The summed E-state index contributed by atoms with van der Waals surface area (Å²) in [5, 5.41) is 14.8. The Balaban J connectivity index is 0.000000149. The smallest absolute Gasteiger partial charge is 0.414 e. The number of rotatable bonds is 1. The number of hydrogen-bond acceptors (Lipinski definition) is 4. The first-order valence-corrected chi connectivity index (χ1v) is 4.38. The summed E-state index contributed by atoms with van der Waals surface area (Å²) < 4.78 is 5.24. The average Bonchev–Trinajstić information content (AvgIpc) is 2.74. The van der Waals surface area contributed by atoms with Crippen LogP contribution in [-0.2, 0) is 14.3 Å². The highest BCUT2D eigenvalue weighted by Gasteiger charge is 2.46. The number of aliphatic carboxylic acids is 2. The molecular weight excluding hydrogens is 190 g/mol. The summed E-state index contributed by atoms with van der Waals surface area (Å²) in [6.45, 7) is 5.75. The number of carboxylic acid groups (broad SMARTS) is 2. The maximum atomic E-state index is 9.10. The number of epoxide rings is 1. The zero-order chi connectivity index (χ0) is 10.7. The number of fused-ring (bicyclic) bond motifs is 1. The third kappa shape index (κ3) is 2.97. The van der Waals surface area contributed by atoms with Gasteiger partial charge in [-0.2, -0.15) is 0 Å². The first-order chi connectivity index (χ1) is 6.54. The number of carboxylic acids is 2. The summed E-state index contributed by atoms with van der Waals surface area (Å²) in [5.41, 5.74) is 0. The fourth-order valence-corrected chi connectivity index (χ4v) is 1.34. The molecule has 2 saturated heterocycles. The third-order valence-corrected chi connectivity index (χ3v) is 2.19. The molecule has 80 valence electrons. The highest BCUT2D eigenvalue weighted by atomic mass is 16.6. The van der Waals surface area contributed by atoms with Crippen molar-refractivity contribution in [1.82, 2.24) is 4.90 Å². The van der Waals surface area contributed by atoms with Crippen LogP contribution in [0.3, 0.4) is 0 Å². The van der Waals surface area contributed by atoms with Gasteiger partial charge in [-0.15, -0.1) is 0 Å². The molecule has 2 unspecified atom stereocenters. The number of carbonyl (C=O) groups is 2. The van der Waals surface area contributed by atoms with E-state index in [1.807, 2.05) is 0 Å². The van der Waals surface area contributed by atoms with Crippen molar-refractivity contribution in [1.29, 1.82) is 0 Å². The van der Waals surface area contributed by atoms with Gasteiger partial charge in [0.1, 0.15) is 0 Å². The van der Waals surface area contributed by atoms with Gasteiger partial charge < -0.3 is 14.9 Å². The van der Waals surface area contributed by atoms with Gasteiger partial charge in [0.25, 0.3) is 0 Å². The minimum atomic E-state index is -1.82. The molecule has 2 fully saturated rings. The standard InChI is InChI=1S/C6H11NO.C2H2O4/c1-2-7-3-5-6(4-7)8-5;3-1(4)2(5)6/h5-6H,2-4H2,1H3;(H,3,4)(H,5,6). The van der Waals surface area contributed by atoms with Crippen molar-refractivity contribution in [3.63, 3.8) is 0 Å². The lowest BCUT2D eigenvalue weighted by Crippen LogP contribution is -2.23. The summed E-state index contributed by atoms with van der Waals surface area (Å²) >= 11 is 0. The first kappa shape index (κ1) is 10.9. The Labute approximate surface area is 81.1 Å². The van der Waals surface area contributed by atoms with Gasteiger partial charge in [0.15, 0.2) is 0 Å². The van der Waals surface area contributed by atoms with Gasteiger partial charge in [0, 0.05) is 13.1 Å². The van der Waals surface area contributed by atoms with E-state index < -0.39 is 11.9 Å². The van der Waals surface area contributed by atoms with Gasteiger partial charge in [0.05, 0.1) is 12.2 Å². The maximum Gasteiger partial charge on any atom is 0.414 e. The van der Waals surface area contributed by atoms with E-state index in [0.29, 0.717) is 12.2 Å². The lowest BCUT2D eigenvalue weighted by molar-refractivity contribution is -0.159. The number of likely N-dealkylation sites (N-methyl/N-ethyl adjacent to an activating group) is 1. The van der Waals surface area contributed by atoms with Gasteiger partial charge in [-0.3, -0.25) is 4.90 Å².